The second-order valence-electron chi connectivity index (χ2n) is 8.27. The van der Waals surface area contributed by atoms with Gasteiger partial charge in [-0.2, -0.15) is 0 Å². The average molecular weight is 414 g/mol. The Morgan fingerprint density at radius 2 is 1.77 bits per heavy atom. The first-order valence-electron chi connectivity index (χ1n) is 10.4. The Hall–Kier alpha value is -2.51. The van der Waals surface area contributed by atoms with Gasteiger partial charge in [-0.3, -0.25) is 9.69 Å². The van der Waals surface area contributed by atoms with E-state index in [0.717, 1.165) is 45.2 Å². The van der Waals surface area contributed by atoms with E-state index < -0.39 is 11.6 Å². The number of amides is 1. The van der Waals surface area contributed by atoms with Crippen molar-refractivity contribution >= 4 is 5.91 Å². The molecule has 2 saturated heterocycles. The third-order valence-electron chi connectivity index (χ3n) is 6.52. The molecule has 30 heavy (non-hydrogen) atoms. The van der Waals surface area contributed by atoms with E-state index in [4.69, 9.17) is 9.47 Å². The molecule has 2 fully saturated rings. The summed E-state index contributed by atoms with van der Waals surface area (Å²) < 4.78 is 39.4. The van der Waals surface area contributed by atoms with Gasteiger partial charge in [-0.05, 0) is 42.7 Å². The number of hydrogen-bond donors (Lipinski definition) is 0. The van der Waals surface area contributed by atoms with Gasteiger partial charge in [0.2, 0.25) is 0 Å². The molecule has 3 aliphatic rings. The average Bonchev–Trinajstić information content (AvgIpc) is 3.13. The van der Waals surface area contributed by atoms with Gasteiger partial charge in [0.15, 0.2) is 0 Å². The fourth-order valence-electron chi connectivity index (χ4n) is 4.81. The Kier molecular flexibility index (Phi) is 4.95. The molecule has 0 saturated carbocycles. The van der Waals surface area contributed by atoms with Crippen molar-refractivity contribution in [1.82, 2.24) is 9.80 Å². The van der Waals surface area contributed by atoms with Gasteiger partial charge in [0.05, 0.1) is 11.6 Å². The minimum atomic E-state index is -0.642. The van der Waals surface area contributed by atoms with Crippen molar-refractivity contribution < 1.29 is 23.0 Å². The Morgan fingerprint density at radius 3 is 2.53 bits per heavy atom. The standard InChI is InChI=1S/C23H24F2N2O3/c1-26-20-12-27(16-6-8-29-9-7-16)13-22(20)30-21-10-14(2-4-18(21)23(26)28)17-5-3-15(24)11-19(17)25/h2-5,10-11,16,20,22H,6-9,12-13H2,1H3. The second kappa shape index (κ2) is 7.63. The Bertz CT molecular complexity index is 977. The van der Waals surface area contributed by atoms with Crippen LogP contribution in [0.1, 0.15) is 23.2 Å². The molecule has 5 nitrogen and oxygen atoms in total. The number of rotatable bonds is 2. The van der Waals surface area contributed by atoms with Crippen molar-refractivity contribution in [2.24, 2.45) is 0 Å². The van der Waals surface area contributed by atoms with Gasteiger partial charge in [-0.15, -0.1) is 0 Å². The van der Waals surface area contributed by atoms with Crippen LogP contribution in [0.2, 0.25) is 0 Å². The molecule has 2 atom stereocenters. The SMILES string of the molecule is CN1C(=O)c2ccc(-c3ccc(F)cc3F)cc2OC2CN(C3CCOCC3)CC21. The molecule has 0 aromatic heterocycles. The number of hydrogen-bond acceptors (Lipinski definition) is 4. The maximum Gasteiger partial charge on any atom is 0.257 e. The first-order valence-corrected chi connectivity index (χ1v) is 10.4. The summed E-state index contributed by atoms with van der Waals surface area (Å²) >= 11 is 0. The molecule has 2 aromatic rings. The number of likely N-dealkylation sites (tertiary alicyclic amines) is 1. The molecular weight excluding hydrogens is 390 g/mol. The molecule has 0 bridgehead atoms. The van der Waals surface area contributed by atoms with Gasteiger partial charge in [0.25, 0.3) is 5.91 Å². The molecule has 7 heteroatoms. The van der Waals surface area contributed by atoms with E-state index in [1.54, 1.807) is 23.1 Å². The summed E-state index contributed by atoms with van der Waals surface area (Å²) in [4.78, 5) is 17.3. The highest BCUT2D eigenvalue weighted by Crippen LogP contribution is 2.36. The van der Waals surface area contributed by atoms with Gasteiger partial charge >= 0.3 is 0 Å². The monoisotopic (exact) mass is 414 g/mol. The first-order chi connectivity index (χ1) is 14.5. The van der Waals surface area contributed by atoms with E-state index in [1.807, 2.05) is 7.05 Å². The van der Waals surface area contributed by atoms with E-state index in [9.17, 15) is 13.6 Å². The number of fused-ring (bicyclic) bond motifs is 2. The zero-order valence-corrected chi connectivity index (χ0v) is 16.8. The molecule has 0 radical (unpaired) electrons. The summed E-state index contributed by atoms with van der Waals surface area (Å²) in [5.41, 5.74) is 1.30. The Balaban J connectivity index is 1.46. The molecule has 0 N–H and O–H groups in total. The lowest BCUT2D eigenvalue weighted by Crippen LogP contribution is -2.44. The van der Waals surface area contributed by atoms with Crippen LogP contribution in [0.15, 0.2) is 36.4 Å². The van der Waals surface area contributed by atoms with E-state index >= 15 is 0 Å². The lowest BCUT2D eigenvalue weighted by Gasteiger charge is -2.31. The van der Waals surface area contributed by atoms with Crippen molar-refractivity contribution in [3.63, 3.8) is 0 Å². The van der Waals surface area contributed by atoms with Gasteiger partial charge in [-0.1, -0.05) is 6.07 Å². The van der Waals surface area contributed by atoms with Crippen LogP contribution in [0.25, 0.3) is 11.1 Å². The number of nitrogens with zero attached hydrogens (tertiary/aromatic N) is 2. The lowest BCUT2D eigenvalue weighted by atomic mass is 10.0. The van der Waals surface area contributed by atoms with Gasteiger partial charge in [-0.25, -0.2) is 8.78 Å². The molecular formula is C23H24F2N2O3. The van der Waals surface area contributed by atoms with Crippen LogP contribution < -0.4 is 4.74 Å². The zero-order chi connectivity index (χ0) is 20.8. The Morgan fingerprint density at radius 1 is 1.00 bits per heavy atom. The van der Waals surface area contributed by atoms with Gasteiger partial charge in [0, 0.05) is 51.0 Å². The van der Waals surface area contributed by atoms with Crippen LogP contribution in [0.3, 0.4) is 0 Å². The highest BCUT2D eigenvalue weighted by Gasteiger charge is 2.44. The maximum atomic E-state index is 14.3. The van der Waals surface area contributed by atoms with Crippen LogP contribution in [-0.4, -0.2) is 67.2 Å². The molecule has 1 amide bonds. The number of ether oxygens (including phenoxy) is 2. The normalized spacial score (nSPS) is 24.9. The van der Waals surface area contributed by atoms with Gasteiger partial charge < -0.3 is 14.4 Å². The molecule has 3 aliphatic heterocycles. The summed E-state index contributed by atoms with van der Waals surface area (Å²) in [5.74, 6) is -0.913. The van der Waals surface area contributed by atoms with E-state index in [1.165, 1.54) is 12.1 Å². The molecule has 2 aromatic carbocycles. The largest absolute Gasteiger partial charge is 0.486 e. The summed E-state index contributed by atoms with van der Waals surface area (Å²) in [6.45, 7) is 3.04. The van der Waals surface area contributed by atoms with E-state index in [0.29, 0.717) is 22.9 Å². The molecule has 5 rings (SSSR count). The topological polar surface area (TPSA) is 42.0 Å². The van der Waals surface area contributed by atoms with E-state index in [2.05, 4.69) is 4.90 Å². The predicted octanol–water partition coefficient (Wildman–Crippen LogP) is 3.33. The minimum absolute atomic E-state index is 0.0428. The van der Waals surface area contributed by atoms with Gasteiger partial charge in [0.1, 0.15) is 23.5 Å². The smallest absolute Gasteiger partial charge is 0.257 e. The quantitative estimate of drug-likeness (QED) is 0.756. The summed E-state index contributed by atoms with van der Waals surface area (Å²) in [7, 11) is 1.82. The fraction of sp³-hybridized carbons (Fsp3) is 0.435. The number of likely N-dealkylation sites (N-methyl/N-ethyl adjacent to an activating group) is 1. The van der Waals surface area contributed by atoms with Crippen LogP contribution >= 0.6 is 0 Å². The minimum Gasteiger partial charge on any atom is -0.486 e. The number of halogens is 2. The molecule has 158 valence electrons. The highest BCUT2D eigenvalue weighted by atomic mass is 19.1. The van der Waals surface area contributed by atoms with Crippen molar-refractivity contribution in [2.45, 2.75) is 31.0 Å². The lowest BCUT2D eigenvalue weighted by molar-refractivity contribution is 0.0379. The summed E-state index contributed by atoms with van der Waals surface area (Å²) in [5, 5.41) is 0. The number of carbonyl (C=O) groups excluding carboxylic acids is 1. The summed E-state index contributed by atoms with van der Waals surface area (Å²) in [6, 6.07) is 8.93. The van der Waals surface area contributed by atoms with Crippen molar-refractivity contribution in [1.29, 1.82) is 0 Å². The molecule has 0 spiro atoms. The third kappa shape index (κ3) is 3.36. The van der Waals surface area contributed by atoms with Crippen LogP contribution in [-0.2, 0) is 4.74 Å². The maximum absolute atomic E-state index is 14.3. The summed E-state index contributed by atoms with van der Waals surface area (Å²) in [6.07, 6.45) is 1.82. The molecule has 2 unspecified atom stereocenters. The highest BCUT2D eigenvalue weighted by molar-refractivity contribution is 5.98. The molecule has 0 aliphatic carbocycles. The van der Waals surface area contributed by atoms with Crippen LogP contribution in [0.4, 0.5) is 8.78 Å². The molecule has 3 heterocycles. The van der Waals surface area contributed by atoms with E-state index in [-0.39, 0.29) is 23.6 Å². The van der Waals surface area contributed by atoms with Crippen LogP contribution in [0, 0.1) is 11.6 Å². The Labute approximate surface area is 174 Å². The third-order valence-corrected chi connectivity index (χ3v) is 6.52. The zero-order valence-electron chi connectivity index (χ0n) is 16.8. The van der Waals surface area contributed by atoms with Crippen LogP contribution in [0.5, 0.6) is 5.75 Å². The van der Waals surface area contributed by atoms with Crippen molar-refractivity contribution in [2.75, 3.05) is 33.4 Å². The van der Waals surface area contributed by atoms with Crippen molar-refractivity contribution in [3.8, 4) is 16.9 Å². The number of benzene rings is 2. The van der Waals surface area contributed by atoms with Crippen molar-refractivity contribution in [3.05, 3.63) is 53.6 Å². The number of carbonyl (C=O) groups is 1. The predicted molar refractivity (Wildman–Crippen MR) is 108 cm³/mol. The second-order valence-corrected chi connectivity index (χ2v) is 8.27. The fourth-order valence-corrected chi connectivity index (χ4v) is 4.81. The first kappa shape index (κ1) is 19.5.